The summed E-state index contributed by atoms with van der Waals surface area (Å²) in [7, 11) is 0. The lowest BCUT2D eigenvalue weighted by Gasteiger charge is -2.31. The minimum absolute atomic E-state index is 0. The van der Waals surface area contributed by atoms with E-state index in [9.17, 15) is 14.7 Å². The number of benzene rings is 1. The number of hydrogen-bond acceptors (Lipinski definition) is 7. The fraction of sp³-hybridized carbons (Fsp3) is 0.481. The van der Waals surface area contributed by atoms with Gasteiger partial charge < -0.3 is 30.6 Å². The number of fused-ring (bicyclic) bond motifs is 1. The van der Waals surface area contributed by atoms with Gasteiger partial charge in [-0.3, -0.25) is 9.59 Å². The molecule has 12 heteroatoms. The molecular weight excluding hydrogens is 548 g/mol. The maximum Gasteiger partial charge on any atom is 0.414 e. The maximum atomic E-state index is 12.9. The summed E-state index contributed by atoms with van der Waals surface area (Å²) in [6.07, 6.45) is 4.65. The normalized spacial score (nSPS) is 15.4. The van der Waals surface area contributed by atoms with Crippen molar-refractivity contribution in [3.05, 3.63) is 49.7 Å². The first-order chi connectivity index (χ1) is 18.0. The fourth-order valence-electron chi connectivity index (χ4n) is 5.01. The molecule has 0 unspecified atom stereocenters. The Morgan fingerprint density at radius 2 is 1.72 bits per heavy atom. The number of nitrogens with zero attached hydrogens (tertiary/aromatic N) is 2. The quantitative estimate of drug-likeness (QED) is 0.345. The molecule has 0 bridgehead atoms. The molecule has 2 aromatic rings. The van der Waals surface area contributed by atoms with Crippen LogP contribution in [0.3, 0.4) is 0 Å². The first-order valence-corrected chi connectivity index (χ1v) is 13.8. The van der Waals surface area contributed by atoms with Crippen molar-refractivity contribution < 1.29 is 40.0 Å². The average Bonchev–Trinajstić information content (AvgIpc) is 3.25. The van der Waals surface area contributed by atoms with Gasteiger partial charge in [-0.05, 0) is 74.5 Å². The van der Waals surface area contributed by atoms with Crippen LogP contribution < -0.4 is 0 Å². The number of carbonyl (C=O) groups excluding carboxylic acids is 2. The lowest BCUT2D eigenvalue weighted by atomic mass is 9.88. The standard InChI is InChI=1S/C25H31ClN2O3S.C2H2O4.H2O/c1-3-19-20-8-13-28(16(2)29)15-24(20)32-23(19)9-12-27-10-6-17(7-11-27)25(31)21-14-18(26)4-5-22(21)30;3-1(4)2(5)6;/h4-5,14,17,30H,3,6-13,15H2,1-2H3;(H,3,4)(H,5,6);1H2. The number of Topliss-reactive ketones (excluding diaryl/α,β-unsaturated/α-hetero) is 1. The monoisotopic (exact) mass is 582 g/mol. The molecule has 5 N–H and O–H groups in total. The second-order valence-corrected chi connectivity index (χ2v) is 11.1. The number of likely N-dealkylation sites (tertiary alicyclic amines) is 1. The Labute approximate surface area is 236 Å². The Morgan fingerprint density at radius 3 is 2.28 bits per heavy atom. The average molecular weight is 583 g/mol. The molecule has 0 saturated carbocycles. The zero-order valence-electron chi connectivity index (χ0n) is 22.0. The van der Waals surface area contributed by atoms with Gasteiger partial charge in [0.1, 0.15) is 5.75 Å². The number of piperidine rings is 1. The third-order valence-corrected chi connectivity index (χ3v) is 8.62. The number of amides is 1. The Hall–Kier alpha value is -2.99. The second-order valence-electron chi connectivity index (χ2n) is 9.45. The van der Waals surface area contributed by atoms with Crippen LogP contribution in [0.5, 0.6) is 5.75 Å². The summed E-state index contributed by atoms with van der Waals surface area (Å²) in [5, 5.41) is 25.3. The molecule has 0 radical (unpaired) electrons. The smallest absolute Gasteiger partial charge is 0.414 e. The molecule has 1 saturated heterocycles. The third-order valence-electron chi connectivity index (χ3n) is 7.07. The largest absolute Gasteiger partial charge is 0.507 e. The van der Waals surface area contributed by atoms with E-state index in [1.165, 1.54) is 26.9 Å². The number of aromatic hydroxyl groups is 1. The molecule has 3 heterocycles. The molecule has 0 spiro atoms. The predicted octanol–water partition coefficient (Wildman–Crippen LogP) is 3.04. The van der Waals surface area contributed by atoms with Crippen molar-refractivity contribution in [1.29, 1.82) is 0 Å². The Balaban J connectivity index is 0.000000687. The Kier molecular flexibility index (Phi) is 11.9. The van der Waals surface area contributed by atoms with Gasteiger partial charge >= 0.3 is 11.9 Å². The minimum Gasteiger partial charge on any atom is -0.507 e. The maximum absolute atomic E-state index is 12.9. The number of hydrogen-bond donors (Lipinski definition) is 3. The van der Waals surface area contributed by atoms with Crippen LogP contribution in [0.2, 0.25) is 5.02 Å². The number of aliphatic carboxylic acids is 2. The molecule has 2 aliphatic rings. The van der Waals surface area contributed by atoms with E-state index >= 15 is 0 Å². The second kappa shape index (κ2) is 14.4. The molecular formula is C27H35ClN2O8S. The molecule has 1 fully saturated rings. The van der Waals surface area contributed by atoms with E-state index < -0.39 is 11.9 Å². The summed E-state index contributed by atoms with van der Waals surface area (Å²) in [5.41, 5.74) is 3.32. The highest BCUT2D eigenvalue weighted by molar-refractivity contribution is 7.12. The first-order valence-electron chi connectivity index (χ1n) is 12.6. The number of carboxylic acids is 2. The van der Waals surface area contributed by atoms with Gasteiger partial charge in [-0.2, -0.15) is 0 Å². The summed E-state index contributed by atoms with van der Waals surface area (Å²) in [6, 6.07) is 4.66. The summed E-state index contributed by atoms with van der Waals surface area (Å²) in [4.78, 5) is 50.1. The van der Waals surface area contributed by atoms with Crippen molar-refractivity contribution >= 4 is 46.6 Å². The first kappa shape index (κ1) is 32.2. The summed E-state index contributed by atoms with van der Waals surface area (Å²) in [5.74, 6) is -3.54. The molecule has 2 aliphatic heterocycles. The Bertz CT molecular complexity index is 1190. The van der Waals surface area contributed by atoms with E-state index in [1.807, 2.05) is 16.2 Å². The predicted molar refractivity (Wildman–Crippen MR) is 148 cm³/mol. The van der Waals surface area contributed by atoms with Crippen molar-refractivity contribution in [3.63, 3.8) is 0 Å². The van der Waals surface area contributed by atoms with Gasteiger partial charge in [0, 0.05) is 40.7 Å². The molecule has 39 heavy (non-hydrogen) atoms. The summed E-state index contributed by atoms with van der Waals surface area (Å²) in [6.45, 7) is 8.24. The van der Waals surface area contributed by atoms with E-state index in [1.54, 1.807) is 19.1 Å². The van der Waals surface area contributed by atoms with Crippen LogP contribution >= 0.6 is 22.9 Å². The Morgan fingerprint density at radius 1 is 1.08 bits per heavy atom. The molecule has 0 aliphatic carbocycles. The topological polar surface area (TPSA) is 167 Å². The number of phenols is 1. The van der Waals surface area contributed by atoms with E-state index in [-0.39, 0.29) is 28.8 Å². The van der Waals surface area contributed by atoms with Crippen LogP contribution in [0.1, 0.15) is 57.9 Å². The molecule has 4 rings (SSSR count). The number of halogens is 1. The van der Waals surface area contributed by atoms with Gasteiger partial charge in [-0.15, -0.1) is 11.3 Å². The number of ketones is 1. The lowest BCUT2D eigenvalue weighted by Crippen LogP contribution is -2.37. The van der Waals surface area contributed by atoms with Crippen molar-refractivity contribution in [3.8, 4) is 5.75 Å². The van der Waals surface area contributed by atoms with E-state index in [0.717, 1.165) is 64.8 Å². The fourth-order valence-corrected chi connectivity index (χ4v) is 6.63. The minimum atomic E-state index is -1.82. The summed E-state index contributed by atoms with van der Waals surface area (Å²) < 4.78 is 0. The van der Waals surface area contributed by atoms with E-state index in [0.29, 0.717) is 10.6 Å². The molecule has 1 aromatic carbocycles. The number of rotatable bonds is 6. The van der Waals surface area contributed by atoms with Crippen LogP contribution in [0.15, 0.2) is 18.2 Å². The highest BCUT2D eigenvalue weighted by Crippen LogP contribution is 2.35. The third kappa shape index (κ3) is 8.25. The highest BCUT2D eigenvalue weighted by atomic mass is 35.5. The van der Waals surface area contributed by atoms with Gasteiger partial charge in [-0.25, -0.2) is 9.59 Å². The van der Waals surface area contributed by atoms with Crippen LogP contribution in [-0.4, -0.2) is 80.4 Å². The molecule has 10 nitrogen and oxygen atoms in total. The van der Waals surface area contributed by atoms with Gasteiger partial charge in [0.05, 0.1) is 12.1 Å². The highest BCUT2D eigenvalue weighted by Gasteiger charge is 2.28. The van der Waals surface area contributed by atoms with Gasteiger partial charge in [0.2, 0.25) is 5.91 Å². The zero-order valence-corrected chi connectivity index (χ0v) is 23.6. The molecule has 0 atom stereocenters. The van der Waals surface area contributed by atoms with Crippen LogP contribution in [0.4, 0.5) is 0 Å². The van der Waals surface area contributed by atoms with Crippen molar-refractivity contribution in [2.45, 2.75) is 52.5 Å². The SMILES string of the molecule is CCc1c(CCN2CCC(C(=O)c3cc(Cl)ccc3O)CC2)sc2c1CCN(C(C)=O)C2.O.O=C(O)C(=O)O. The summed E-state index contributed by atoms with van der Waals surface area (Å²) >= 11 is 7.91. The lowest BCUT2D eigenvalue weighted by molar-refractivity contribution is -0.159. The molecule has 1 amide bonds. The molecule has 214 valence electrons. The van der Waals surface area contributed by atoms with E-state index in [2.05, 4.69) is 11.8 Å². The van der Waals surface area contributed by atoms with Crippen LogP contribution in [-0.2, 0) is 40.2 Å². The van der Waals surface area contributed by atoms with Gasteiger partial charge in [-0.1, -0.05) is 18.5 Å². The van der Waals surface area contributed by atoms with Crippen molar-refractivity contribution in [1.82, 2.24) is 9.80 Å². The number of thiophene rings is 1. The van der Waals surface area contributed by atoms with Crippen molar-refractivity contribution in [2.75, 3.05) is 26.2 Å². The van der Waals surface area contributed by atoms with Gasteiger partial charge in [0.15, 0.2) is 5.78 Å². The van der Waals surface area contributed by atoms with E-state index in [4.69, 9.17) is 31.4 Å². The number of carbonyl (C=O) groups is 4. The van der Waals surface area contributed by atoms with Crippen LogP contribution in [0, 0.1) is 5.92 Å². The zero-order chi connectivity index (χ0) is 28.0. The van der Waals surface area contributed by atoms with Crippen molar-refractivity contribution in [2.24, 2.45) is 5.92 Å². The van der Waals surface area contributed by atoms with Gasteiger partial charge in [0.25, 0.3) is 0 Å². The molecule has 1 aromatic heterocycles. The number of carboxylic acid groups (broad SMARTS) is 2. The van der Waals surface area contributed by atoms with Crippen LogP contribution in [0.25, 0.3) is 0 Å². The number of phenolic OH excluding ortho intramolecular Hbond substituents is 1.